The van der Waals surface area contributed by atoms with Crippen molar-refractivity contribution in [3.63, 3.8) is 0 Å². The lowest BCUT2D eigenvalue weighted by atomic mass is 9.95. The van der Waals surface area contributed by atoms with Gasteiger partial charge in [-0.15, -0.1) is 0 Å². The van der Waals surface area contributed by atoms with E-state index in [1.165, 1.54) is 6.42 Å². The third-order valence-electron chi connectivity index (χ3n) is 4.32. The summed E-state index contributed by atoms with van der Waals surface area (Å²) in [5, 5.41) is 4.84. The Labute approximate surface area is 128 Å². The predicted octanol–water partition coefficient (Wildman–Crippen LogP) is 3.93. The minimum absolute atomic E-state index is 0.0302. The molecule has 3 N–H and O–H groups in total. The zero-order valence-corrected chi connectivity index (χ0v) is 13.3. The van der Waals surface area contributed by atoms with Crippen LogP contribution in [0.4, 0.5) is 5.69 Å². The molecule has 2 unspecified atom stereocenters. The van der Waals surface area contributed by atoms with E-state index in [-0.39, 0.29) is 5.54 Å². The van der Waals surface area contributed by atoms with Crippen LogP contribution in [0.3, 0.4) is 0 Å². The second kappa shape index (κ2) is 5.34. The van der Waals surface area contributed by atoms with Gasteiger partial charge in [0.15, 0.2) is 0 Å². The molecule has 1 aromatic carbocycles. The van der Waals surface area contributed by atoms with Crippen molar-refractivity contribution in [2.75, 3.05) is 11.9 Å². The van der Waals surface area contributed by atoms with Crippen LogP contribution in [0.5, 0.6) is 0 Å². The molecule has 1 fully saturated rings. The van der Waals surface area contributed by atoms with Crippen LogP contribution in [0, 0.1) is 5.92 Å². The van der Waals surface area contributed by atoms with Crippen LogP contribution >= 0.6 is 15.9 Å². The molecule has 1 saturated carbocycles. The highest BCUT2D eigenvalue weighted by Crippen LogP contribution is 2.37. The smallest absolute Gasteiger partial charge is 0.0934 e. The number of hydrogen-bond acceptors (Lipinski definition) is 3. The van der Waals surface area contributed by atoms with Gasteiger partial charge in [-0.2, -0.15) is 0 Å². The molecule has 1 heterocycles. The summed E-state index contributed by atoms with van der Waals surface area (Å²) >= 11 is 3.47. The van der Waals surface area contributed by atoms with E-state index in [0.29, 0.717) is 6.54 Å². The Balaban J connectivity index is 1.98. The van der Waals surface area contributed by atoms with Crippen molar-refractivity contribution in [1.82, 2.24) is 4.98 Å². The molecular weight excluding hydrogens is 314 g/mol. The molecule has 0 bridgehead atoms. The lowest BCUT2D eigenvalue weighted by molar-refractivity contribution is 0.471. The molecule has 0 amide bonds. The number of benzene rings is 1. The minimum Gasteiger partial charge on any atom is -0.377 e. The molecule has 3 nitrogen and oxygen atoms in total. The summed E-state index contributed by atoms with van der Waals surface area (Å²) in [5.74, 6) is 0.739. The van der Waals surface area contributed by atoms with Gasteiger partial charge in [-0.05, 0) is 53.2 Å². The number of nitrogens with two attached hydrogens (primary N) is 1. The van der Waals surface area contributed by atoms with E-state index in [4.69, 9.17) is 5.73 Å². The van der Waals surface area contributed by atoms with Crippen LogP contribution in [0.2, 0.25) is 0 Å². The fraction of sp³-hybridized carbons (Fsp3) is 0.438. The van der Waals surface area contributed by atoms with Crippen molar-refractivity contribution in [2.24, 2.45) is 11.7 Å². The number of halogens is 1. The summed E-state index contributed by atoms with van der Waals surface area (Å²) in [7, 11) is 0. The highest BCUT2D eigenvalue weighted by atomic mass is 79.9. The third-order valence-corrected chi connectivity index (χ3v) is 4.76. The van der Waals surface area contributed by atoms with E-state index >= 15 is 0 Å². The number of hydrogen-bond donors (Lipinski definition) is 2. The van der Waals surface area contributed by atoms with Gasteiger partial charge in [0.25, 0.3) is 0 Å². The number of para-hydroxylation sites is 1. The molecule has 4 heteroatoms. The van der Waals surface area contributed by atoms with Gasteiger partial charge in [0.1, 0.15) is 0 Å². The van der Waals surface area contributed by atoms with Gasteiger partial charge in [0.2, 0.25) is 0 Å². The Bertz CT molecular complexity index is 628. The van der Waals surface area contributed by atoms with E-state index in [1.54, 1.807) is 0 Å². The average Bonchev–Trinajstić information content (AvgIpc) is 2.81. The normalized spacial score (nSPS) is 26.1. The molecule has 0 saturated heterocycles. The Morgan fingerprint density at radius 2 is 2.35 bits per heavy atom. The van der Waals surface area contributed by atoms with Crippen LogP contribution in [0.25, 0.3) is 10.9 Å². The Morgan fingerprint density at radius 1 is 1.50 bits per heavy atom. The maximum Gasteiger partial charge on any atom is 0.0934 e. The fourth-order valence-electron chi connectivity index (χ4n) is 3.26. The molecule has 0 spiro atoms. The summed E-state index contributed by atoms with van der Waals surface area (Å²) in [5.41, 5.74) is 8.20. The van der Waals surface area contributed by atoms with Gasteiger partial charge >= 0.3 is 0 Å². The Kier molecular flexibility index (Phi) is 3.69. The van der Waals surface area contributed by atoms with Gasteiger partial charge in [-0.1, -0.05) is 19.1 Å². The molecule has 0 aliphatic heterocycles. The van der Waals surface area contributed by atoms with Gasteiger partial charge in [-0.3, -0.25) is 4.98 Å². The summed E-state index contributed by atoms with van der Waals surface area (Å²) in [6, 6.07) is 8.36. The highest BCUT2D eigenvalue weighted by Gasteiger charge is 2.36. The number of rotatable bonds is 3. The molecule has 106 valence electrons. The molecule has 1 aromatic heterocycles. The van der Waals surface area contributed by atoms with Crippen molar-refractivity contribution < 1.29 is 0 Å². The first-order valence-electron chi connectivity index (χ1n) is 7.14. The van der Waals surface area contributed by atoms with E-state index in [9.17, 15) is 0 Å². The molecule has 1 aliphatic carbocycles. The molecule has 1 aliphatic rings. The number of aromatic nitrogens is 1. The second-order valence-electron chi connectivity index (χ2n) is 5.99. The molecule has 3 rings (SSSR count). The maximum atomic E-state index is 6.06. The highest BCUT2D eigenvalue weighted by molar-refractivity contribution is 9.10. The van der Waals surface area contributed by atoms with Gasteiger partial charge in [0.05, 0.1) is 11.2 Å². The predicted molar refractivity (Wildman–Crippen MR) is 87.9 cm³/mol. The Morgan fingerprint density at radius 3 is 3.05 bits per heavy atom. The summed E-state index contributed by atoms with van der Waals surface area (Å²) in [6.45, 7) is 2.97. The first kappa shape index (κ1) is 13.8. The zero-order chi connectivity index (χ0) is 14.2. The molecular formula is C16H20BrN3. The lowest BCUT2D eigenvalue weighted by Crippen LogP contribution is -2.43. The standard InChI is InChI=1S/C16H20BrN3/c1-11-5-6-16(8-11,10-18)20-14-4-2-3-12-7-13(17)9-19-15(12)14/h2-4,7,9,11,20H,5-6,8,10,18H2,1H3. The number of nitrogens with one attached hydrogen (secondary N) is 1. The largest absolute Gasteiger partial charge is 0.377 e. The maximum absolute atomic E-state index is 6.06. The number of anilines is 1. The lowest BCUT2D eigenvalue weighted by Gasteiger charge is -2.30. The summed E-state index contributed by atoms with van der Waals surface area (Å²) < 4.78 is 1.00. The first-order valence-corrected chi connectivity index (χ1v) is 7.94. The molecule has 2 aromatic rings. The number of fused-ring (bicyclic) bond motifs is 1. The van der Waals surface area contributed by atoms with Gasteiger partial charge in [-0.25, -0.2) is 0 Å². The van der Waals surface area contributed by atoms with E-state index in [0.717, 1.165) is 39.8 Å². The van der Waals surface area contributed by atoms with E-state index in [1.807, 2.05) is 6.20 Å². The second-order valence-corrected chi connectivity index (χ2v) is 6.90. The zero-order valence-electron chi connectivity index (χ0n) is 11.7. The van der Waals surface area contributed by atoms with Crippen molar-refractivity contribution in [3.8, 4) is 0 Å². The molecule has 2 atom stereocenters. The fourth-order valence-corrected chi connectivity index (χ4v) is 3.61. The summed E-state index contributed by atoms with van der Waals surface area (Å²) in [6.07, 6.45) is 5.36. The number of pyridine rings is 1. The Hall–Kier alpha value is -1.13. The topological polar surface area (TPSA) is 50.9 Å². The molecule has 20 heavy (non-hydrogen) atoms. The van der Waals surface area contributed by atoms with Crippen molar-refractivity contribution in [2.45, 2.75) is 31.7 Å². The van der Waals surface area contributed by atoms with Crippen LogP contribution in [0.1, 0.15) is 26.2 Å². The molecule has 0 radical (unpaired) electrons. The monoisotopic (exact) mass is 333 g/mol. The van der Waals surface area contributed by atoms with Crippen LogP contribution in [0.15, 0.2) is 34.9 Å². The number of nitrogens with zero attached hydrogens (tertiary/aromatic N) is 1. The third kappa shape index (κ3) is 2.54. The average molecular weight is 334 g/mol. The van der Waals surface area contributed by atoms with Crippen molar-refractivity contribution in [1.29, 1.82) is 0 Å². The SMILES string of the molecule is CC1CCC(CN)(Nc2cccc3cc(Br)cnc23)C1. The van der Waals surface area contributed by atoms with Gasteiger partial charge in [0, 0.05) is 28.1 Å². The summed E-state index contributed by atoms with van der Waals surface area (Å²) in [4.78, 5) is 4.56. The van der Waals surface area contributed by atoms with Crippen molar-refractivity contribution >= 4 is 32.5 Å². The first-order chi connectivity index (χ1) is 9.62. The van der Waals surface area contributed by atoms with E-state index < -0.39 is 0 Å². The van der Waals surface area contributed by atoms with Crippen LogP contribution in [-0.4, -0.2) is 17.1 Å². The van der Waals surface area contributed by atoms with E-state index in [2.05, 4.69) is 57.4 Å². The van der Waals surface area contributed by atoms with Gasteiger partial charge < -0.3 is 11.1 Å². The quantitative estimate of drug-likeness (QED) is 0.894. The minimum atomic E-state index is 0.0302. The van der Waals surface area contributed by atoms with Crippen LogP contribution in [-0.2, 0) is 0 Å². The van der Waals surface area contributed by atoms with Crippen molar-refractivity contribution in [3.05, 3.63) is 34.9 Å². The van der Waals surface area contributed by atoms with Crippen LogP contribution < -0.4 is 11.1 Å².